The van der Waals surface area contributed by atoms with Crippen LogP contribution in [0.2, 0.25) is 0 Å². The van der Waals surface area contributed by atoms with Crippen LogP contribution < -0.4 is 0 Å². The standard InChI is InChI=1S/C9H13N3O2/c1-5-10-6(2)12(11-5)8-4-3-7(8)9(13)14/h7-8H,3-4H2,1-2H3,(H,13,14). The molecule has 1 aromatic rings. The van der Waals surface area contributed by atoms with Gasteiger partial charge in [0.25, 0.3) is 0 Å². The lowest BCUT2D eigenvalue weighted by atomic mass is 9.79. The molecule has 1 aromatic heterocycles. The Morgan fingerprint density at radius 2 is 2.21 bits per heavy atom. The maximum absolute atomic E-state index is 10.8. The lowest BCUT2D eigenvalue weighted by molar-refractivity contribution is -0.147. The zero-order valence-electron chi connectivity index (χ0n) is 8.27. The van der Waals surface area contributed by atoms with Gasteiger partial charge in [-0.15, -0.1) is 0 Å². The van der Waals surface area contributed by atoms with Crippen LogP contribution in [0.3, 0.4) is 0 Å². The Hall–Kier alpha value is -1.39. The predicted octanol–water partition coefficient (Wildman–Crippen LogP) is 0.931. The minimum absolute atomic E-state index is 0.00806. The number of aromatic nitrogens is 3. The molecular formula is C9H13N3O2. The van der Waals surface area contributed by atoms with Crippen molar-refractivity contribution in [2.24, 2.45) is 5.92 Å². The molecule has 1 aliphatic carbocycles. The lowest BCUT2D eigenvalue weighted by Crippen LogP contribution is -2.36. The quantitative estimate of drug-likeness (QED) is 0.762. The van der Waals surface area contributed by atoms with Gasteiger partial charge in [0, 0.05) is 0 Å². The third kappa shape index (κ3) is 1.29. The fraction of sp³-hybridized carbons (Fsp3) is 0.667. The summed E-state index contributed by atoms with van der Waals surface area (Å²) in [5, 5.41) is 13.1. The molecule has 76 valence electrons. The van der Waals surface area contributed by atoms with Gasteiger partial charge in [0.2, 0.25) is 0 Å². The molecule has 0 saturated heterocycles. The molecule has 5 heteroatoms. The van der Waals surface area contributed by atoms with Gasteiger partial charge in [-0.1, -0.05) is 0 Å². The fourth-order valence-corrected chi connectivity index (χ4v) is 1.91. The van der Waals surface area contributed by atoms with E-state index in [9.17, 15) is 4.79 Å². The van der Waals surface area contributed by atoms with E-state index in [2.05, 4.69) is 10.1 Å². The maximum atomic E-state index is 10.8. The Labute approximate surface area is 81.8 Å². The zero-order chi connectivity index (χ0) is 10.3. The van der Waals surface area contributed by atoms with Crippen LogP contribution in [0.1, 0.15) is 30.5 Å². The number of carbonyl (C=O) groups is 1. The van der Waals surface area contributed by atoms with E-state index >= 15 is 0 Å². The number of hydrogen-bond donors (Lipinski definition) is 1. The molecule has 14 heavy (non-hydrogen) atoms. The Morgan fingerprint density at radius 3 is 2.57 bits per heavy atom. The third-order valence-corrected chi connectivity index (χ3v) is 2.78. The summed E-state index contributed by atoms with van der Waals surface area (Å²) in [5.41, 5.74) is 0. The first-order chi connectivity index (χ1) is 6.59. The van der Waals surface area contributed by atoms with Crippen molar-refractivity contribution in [1.82, 2.24) is 14.8 Å². The summed E-state index contributed by atoms with van der Waals surface area (Å²) in [6.07, 6.45) is 1.64. The molecule has 0 aliphatic heterocycles. The summed E-state index contributed by atoms with van der Waals surface area (Å²) < 4.78 is 1.75. The van der Waals surface area contributed by atoms with Crippen molar-refractivity contribution in [3.63, 3.8) is 0 Å². The summed E-state index contributed by atoms with van der Waals surface area (Å²) in [6, 6.07) is 0.00806. The SMILES string of the molecule is Cc1nc(C)n(C2CCC2C(=O)O)n1. The second-order valence-corrected chi connectivity index (χ2v) is 3.74. The molecule has 0 radical (unpaired) electrons. The number of aryl methyl sites for hydroxylation is 2. The third-order valence-electron chi connectivity index (χ3n) is 2.78. The summed E-state index contributed by atoms with van der Waals surface area (Å²) in [7, 11) is 0. The van der Waals surface area contributed by atoms with Crippen LogP contribution >= 0.6 is 0 Å². The van der Waals surface area contributed by atoms with E-state index in [1.54, 1.807) is 4.68 Å². The highest BCUT2D eigenvalue weighted by Gasteiger charge is 2.39. The fourth-order valence-electron chi connectivity index (χ4n) is 1.91. The smallest absolute Gasteiger partial charge is 0.308 e. The molecule has 0 aromatic carbocycles. The van der Waals surface area contributed by atoms with Crippen molar-refractivity contribution in [3.05, 3.63) is 11.6 Å². The molecule has 1 heterocycles. The largest absolute Gasteiger partial charge is 0.481 e. The highest BCUT2D eigenvalue weighted by atomic mass is 16.4. The number of hydrogen-bond acceptors (Lipinski definition) is 3. The first-order valence-electron chi connectivity index (χ1n) is 4.72. The average molecular weight is 195 g/mol. The van der Waals surface area contributed by atoms with Crippen molar-refractivity contribution in [3.8, 4) is 0 Å². The molecule has 1 N–H and O–H groups in total. The molecule has 2 rings (SSSR count). The van der Waals surface area contributed by atoms with Crippen molar-refractivity contribution >= 4 is 5.97 Å². The summed E-state index contributed by atoms with van der Waals surface area (Å²) >= 11 is 0. The van der Waals surface area contributed by atoms with Crippen LogP contribution in [0.25, 0.3) is 0 Å². The molecule has 0 spiro atoms. The van der Waals surface area contributed by atoms with Crippen LogP contribution in [0, 0.1) is 19.8 Å². The van der Waals surface area contributed by atoms with Gasteiger partial charge in [0.05, 0.1) is 12.0 Å². The maximum Gasteiger partial charge on any atom is 0.308 e. The van der Waals surface area contributed by atoms with E-state index in [0.29, 0.717) is 5.82 Å². The van der Waals surface area contributed by atoms with Gasteiger partial charge in [0.1, 0.15) is 11.6 Å². The Balaban J connectivity index is 2.24. The highest BCUT2D eigenvalue weighted by Crippen LogP contribution is 2.38. The highest BCUT2D eigenvalue weighted by molar-refractivity contribution is 5.71. The van der Waals surface area contributed by atoms with Crippen LogP contribution in [0.15, 0.2) is 0 Å². The number of aliphatic carboxylic acids is 1. The summed E-state index contributed by atoms with van der Waals surface area (Å²) in [4.78, 5) is 15.0. The van der Waals surface area contributed by atoms with Crippen LogP contribution in [-0.4, -0.2) is 25.8 Å². The zero-order valence-corrected chi connectivity index (χ0v) is 8.27. The van der Waals surface area contributed by atoms with Crippen molar-refractivity contribution < 1.29 is 9.90 Å². The van der Waals surface area contributed by atoms with Gasteiger partial charge in [-0.3, -0.25) is 4.79 Å². The monoisotopic (exact) mass is 195 g/mol. The van der Waals surface area contributed by atoms with Crippen molar-refractivity contribution in [2.45, 2.75) is 32.7 Å². The van der Waals surface area contributed by atoms with Crippen molar-refractivity contribution in [2.75, 3.05) is 0 Å². The Morgan fingerprint density at radius 1 is 1.50 bits per heavy atom. The molecular weight excluding hydrogens is 182 g/mol. The van der Waals surface area contributed by atoms with Crippen LogP contribution in [-0.2, 0) is 4.79 Å². The van der Waals surface area contributed by atoms with E-state index in [0.717, 1.165) is 18.7 Å². The number of nitrogens with zero attached hydrogens (tertiary/aromatic N) is 3. The second kappa shape index (κ2) is 3.08. The average Bonchev–Trinajstić information content (AvgIpc) is 2.27. The van der Waals surface area contributed by atoms with Gasteiger partial charge in [0.15, 0.2) is 0 Å². The van der Waals surface area contributed by atoms with Crippen LogP contribution in [0.4, 0.5) is 0 Å². The van der Waals surface area contributed by atoms with E-state index in [1.165, 1.54) is 0 Å². The second-order valence-electron chi connectivity index (χ2n) is 3.74. The van der Waals surface area contributed by atoms with Crippen molar-refractivity contribution in [1.29, 1.82) is 0 Å². The van der Waals surface area contributed by atoms with Gasteiger partial charge in [-0.25, -0.2) is 9.67 Å². The number of carboxylic acids is 1. The molecule has 1 fully saturated rings. The normalized spacial score (nSPS) is 25.9. The number of carboxylic acid groups (broad SMARTS) is 1. The molecule has 5 nitrogen and oxygen atoms in total. The first-order valence-corrected chi connectivity index (χ1v) is 4.72. The summed E-state index contributed by atoms with van der Waals surface area (Å²) in [5.74, 6) is 0.501. The molecule has 2 atom stereocenters. The first kappa shape index (κ1) is 9.18. The van der Waals surface area contributed by atoms with E-state index in [1.807, 2.05) is 13.8 Å². The molecule has 2 unspecified atom stereocenters. The van der Waals surface area contributed by atoms with Crippen LogP contribution in [0.5, 0.6) is 0 Å². The van der Waals surface area contributed by atoms with E-state index < -0.39 is 5.97 Å². The molecule has 1 saturated carbocycles. The Kier molecular flexibility index (Phi) is 2.02. The van der Waals surface area contributed by atoms with Gasteiger partial charge in [-0.05, 0) is 26.7 Å². The topological polar surface area (TPSA) is 68.0 Å². The minimum atomic E-state index is -0.728. The molecule has 0 bridgehead atoms. The lowest BCUT2D eigenvalue weighted by Gasteiger charge is -2.33. The van der Waals surface area contributed by atoms with E-state index in [4.69, 9.17) is 5.11 Å². The Bertz CT molecular complexity index is 372. The summed E-state index contributed by atoms with van der Waals surface area (Å²) in [6.45, 7) is 3.68. The molecule has 1 aliphatic rings. The van der Waals surface area contributed by atoms with Gasteiger partial charge in [-0.2, -0.15) is 5.10 Å². The van der Waals surface area contributed by atoms with E-state index in [-0.39, 0.29) is 12.0 Å². The number of rotatable bonds is 2. The van der Waals surface area contributed by atoms with Gasteiger partial charge >= 0.3 is 5.97 Å². The molecule has 0 amide bonds. The predicted molar refractivity (Wildman–Crippen MR) is 48.9 cm³/mol. The van der Waals surface area contributed by atoms with Gasteiger partial charge < -0.3 is 5.11 Å². The minimum Gasteiger partial charge on any atom is -0.481 e.